The van der Waals surface area contributed by atoms with E-state index in [0.717, 1.165) is 0 Å². The molecule has 0 saturated heterocycles. The number of amides is 1. The van der Waals surface area contributed by atoms with Gasteiger partial charge in [-0.05, 0) is 57.2 Å². The Morgan fingerprint density at radius 1 is 0.935 bits per heavy atom. The van der Waals surface area contributed by atoms with Gasteiger partial charge in [0.15, 0.2) is 11.5 Å². The van der Waals surface area contributed by atoms with Crippen LogP contribution in [0.1, 0.15) is 31.1 Å². The molecular weight excluding hydrogens is 402 g/mol. The zero-order valence-corrected chi connectivity index (χ0v) is 17.9. The van der Waals surface area contributed by atoms with E-state index in [2.05, 4.69) is 15.5 Å². The standard InChI is InChI=1S/C22H25N3O6/c1-5-28-17-12-15(13-18(29-6-2)19(17)30-7-3)20(26)23-22-25-24-21(31-22)14-8-10-16(27-4)11-9-14/h8-13H,5-7H2,1-4H3,(H,23,25,26). The molecule has 9 heteroatoms. The second-order valence-corrected chi connectivity index (χ2v) is 6.20. The maximum atomic E-state index is 12.8. The molecule has 0 aliphatic heterocycles. The lowest BCUT2D eigenvalue weighted by atomic mass is 10.1. The van der Waals surface area contributed by atoms with Crippen LogP contribution in [0.4, 0.5) is 6.01 Å². The van der Waals surface area contributed by atoms with Gasteiger partial charge in [0.05, 0.1) is 26.9 Å². The van der Waals surface area contributed by atoms with Gasteiger partial charge in [0, 0.05) is 11.1 Å². The average molecular weight is 427 g/mol. The van der Waals surface area contributed by atoms with Crippen LogP contribution in [0.15, 0.2) is 40.8 Å². The van der Waals surface area contributed by atoms with Crippen LogP contribution in [0.25, 0.3) is 11.5 Å². The molecule has 3 rings (SSSR count). The van der Waals surface area contributed by atoms with Crippen molar-refractivity contribution in [1.29, 1.82) is 0 Å². The summed E-state index contributed by atoms with van der Waals surface area (Å²) in [6.45, 7) is 6.81. The lowest BCUT2D eigenvalue weighted by Gasteiger charge is -2.16. The first-order valence-electron chi connectivity index (χ1n) is 9.95. The van der Waals surface area contributed by atoms with E-state index in [-0.39, 0.29) is 11.9 Å². The highest BCUT2D eigenvalue weighted by atomic mass is 16.5. The van der Waals surface area contributed by atoms with Crippen molar-refractivity contribution in [2.24, 2.45) is 0 Å². The summed E-state index contributed by atoms with van der Waals surface area (Å²) in [5, 5.41) is 10.5. The maximum Gasteiger partial charge on any atom is 0.322 e. The van der Waals surface area contributed by atoms with Gasteiger partial charge in [0.25, 0.3) is 5.91 Å². The number of nitrogens with one attached hydrogen (secondary N) is 1. The number of hydrogen-bond donors (Lipinski definition) is 1. The highest BCUT2D eigenvalue weighted by molar-refractivity contribution is 6.04. The van der Waals surface area contributed by atoms with Crippen molar-refractivity contribution >= 4 is 11.9 Å². The molecule has 0 aliphatic carbocycles. The maximum absolute atomic E-state index is 12.8. The van der Waals surface area contributed by atoms with E-state index in [0.29, 0.717) is 53.9 Å². The molecular formula is C22H25N3O6. The minimum absolute atomic E-state index is 0.0272. The van der Waals surface area contributed by atoms with Gasteiger partial charge in [-0.15, -0.1) is 5.10 Å². The highest BCUT2D eigenvalue weighted by Crippen LogP contribution is 2.39. The van der Waals surface area contributed by atoms with Gasteiger partial charge in [0.2, 0.25) is 11.6 Å². The number of rotatable bonds is 10. The molecule has 3 aromatic rings. The molecule has 1 amide bonds. The van der Waals surface area contributed by atoms with E-state index in [4.69, 9.17) is 23.4 Å². The molecule has 0 spiro atoms. The van der Waals surface area contributed by atoms with Gasteiger partial charge in [-0.2, -0.15) is 0 Å². The quantitative estimate of drug-likeness (QED) is 0.513. The van der Waals surface area contributed by atoms with Gasteiger partial charge in [-0.1, -0.05) is 5.10 Å². The summed E-state index contributed by atoms with van der Waals surface area (Å²) in [6.07, 6.45) is 0. The molecule has 1 N–H and O–H groups in total. The average Bonchev–Trinajstić information content (AvgIpc) is 3.24. The normalized spacial score (nSPS) is 10.5. The zero-order chi connectivity index (χ0) is 22.2. The summed E-state index contributed by atoms with van der Waals surface area (Å²) in [5.41, 5.74) is 1.01. The number of nitrogens with zero attached hydrogens (tertiary/aromatic N) is 2. The molecule has 9 nitrogen and oxygen atoms in total. The first kappa shape index (κ1) is 21.9. The largest absolute Gasteiger partial charge is 0.497 e. The Morgan fingerprint density at radius 3 is 2.10 bits per heavy atom. The lowest BCUT2D eigenvalue weighted by molar-refractivity contribution is 0.102. The summed E-state index contributed by atoms with van der Waals surface area (Å²) < 4.78 is 27.7. The number of aromatic nitrogens is 2. The van der Waals surface area contributed by atoms with E-state index in [1.165, 1.54) is 0 Å². The summed E-state index contributed by atoms with van der Waals surface area (Å²) in [4.78, 5) is 12.8. The Bertz CT molecular complexity index is 989. The summed E-state index contributed by atoms with van der Waals surface area (Å²) in [5.74, 6) is 1.84. The Morgan fingerprint density at radius 2 is 1.55 bits per heavy atom. The third-order valence-corrected chi connectivity index (χ3v) is 4.15. The van der Waals surface area contributed by atoms with Gasteiger partial charge < -0.3 is 23.4 Å². The minimum Gasteiger partial charge on any atom is -0.497 e. The highest BCUT2D eigenvalue weighted by Gasteiger charge is 2.20. The van der Waals surface area contributed by atoms with Crippen molar-refractivity contribution in [2.45, 2.75) is 20.8 Å². The molecule has 0 fully saturated rings. The first-order valence-corrected chi connectivity index (χ1v) is 9.95. The van der Waals surface area contributed by atoms with Crippen molar-refractivity contribution < 1.29 is 28.2 Å². The molecule has 164 valence electrons. The molecule has 2 aromatic carbocycles. The lowest BCUT2D eigenvalue weighted by Crippen LogP contribution is -2.13. The predicted octanol–water partition coefficient (Wildman–Crippen LogP) is 4.19. The van der Waals surface area contributed by atoms with E-state index >= 15 is 0 Å². The third-order valence-electron chi connectivity index (χ3n) is 4.15. The van der Waals surface area contributed by atoms with Crippen LogP contribution >= 0.6 is 0 Å². The molecule has 0 bridgehead atoms. The van der Waals surface area contributed by atoms with E-state index < -0.39 is 5.91 Å². The number of carbonyl (C=O) groups is 1. The van der Waals surface area contributed by atoms with Crippen molar-refractivity contribution in [3.05, 3.63) is 42.0 Å². The van der Waals surface area contributed by atoms with E-state index in [9.17, 15) is 4.79 Å². The van der Waals surface area contributed by atoms with Crippen LogP contribution in [0.3, 0.4) is 0 Å². The Balaban J connectivity index is 1.83. The van der Waals surface area contributed by atoms with E-state index in [1.54, 1.807) is 43.5 Å². The molecule has 0 atom stereocenters. The molecule has 0 radical (unpaired) electrons. The fourth-order valence-corrected chi connectivity index (χ4v) is 2.81. The van der Waals surface area contributed by atoms with Crippen LogP contribution in [0, 0.1) is 0 Å². The predicted molar refractivity (Wildman–Crippen MR) is 114 cm³/mol. The molecule has 1 heterocycles. The number of anilines is 1. The Kier molecular flexibility index (Phi) is 7.31. The van der Waals surface area contributed by atoms with Crippen LogP contribution in [-0.4, -0.2) is 43.0 Å². The second kappa shape index (κ2) is 10.3. The third kappa shape index (κ3) is 5.25. The van der Waals surface area contributed by atoms with Crippen LogP contribution in [0.2, 0.25) is 0 Å². The summed E-state index contributed by atoms with van der Waals surface area (Å²) in [6, 6.07) is 10.3. The smallest absolute Gasteiger partial charge is 0.322 e. The van der Waals surface area contributed by atoms with Gasteiger partial charge in [-0.3, -0.25) is 10.1 Å². The number of methoxy groups -OCH3 is 1. The number of ether oxygens (including phenoxy) is 4. The van der Waals surface area contributed by atoms with Crippen molar-refractivity contribution in [3.8, 4) is 34.5 Å². The molecule has 0 unspecified atom stereocenters. The molecule has 31 heavy (non-hydrogen) atoms. The first-order chi connectivity index (χ1) is 15.1. The minimum atomic E-state index is -0.449. The monoisotopic (exact) mass is 427 g/mol. The summed E-state index contributed by atoms with van der Waals surface area (Å²) >= 11 is 0. The number of benzene rings is 2. The van der Waals surface area contributed by atoms with Crippen LogP contribution < -0.4 is 24.3 Å². The van der Waals surface area contributed by atoms with Crippen molar-refractivity contribution in [1.82, 2.24) is 10.2 Å². The fraction of sp³-hybridized carbons (Fsp3) is 0.318. The SMILES string of the molecule is CCOc1cc(C(=O)Nc2nnc(-c3ccc(OC)cc3)o2)cc(OCC)c1OCC. The fourth-order valence-electron chi connectivity index (χ4n) is 2.81. The number of carbonyl (C=O) groups excluding carboxylic acids is 1. The van der Waals surface area contributed by atoms with Crippen molar-refractivity contribution in [2.75, 3.05) is 32.2 Å². The second-order valence-electron chi connectivity index (χ2n) is 6.20. The Labute approximate surface area is 180 Å². The molecule has 0 aliphatic rings. The van der Waals surface area contributed by atoms with Gasteiger partial charge >= 0.3 is 6.01 Å². The van der Waals surface area contributed by atoms with Crippen LogP contribution in [0.5, 0.6) is 23.0 Å². The molecule has 1 aromatic heterocycles. The Hall–Kier alpha value is -3.75. The summed E-state index contributed by atoms with van der Waals surface area (Å²) in [7, 11) is 1.59. The van der Waals surface area contributed by atoms with E-state index in [1.807, 2.05) is 20.8 Å². The van der Waals surface area contributed by atoms with Gasteiger partial charge in [0.1, 0.15) is 5.75 Å². The number of hydrogen-bond acceptors (Lipinski definition) is 8. The zero-order valence-electron chi connectivity index (χ0n) is 17.9. The molecule has 0 saturated carbocycles. The van der Waals surface area contributed by atoms with Crippen molar-refractivity contribution in [3.63, 3.8) is 0 Å². The topological polar surface area (TPSA) is 105 Å². The van der Waals surface area contributed by atoms with Gasteiger partial charge in [-0.25, -0.2) is 0 Å². The van der Waals surface area contributed by atoms with Crippen LogP contribution in [-0.2, 0) is 0 Å².